The van der Waals surface area contributed by atoms with E-state index in [0.717, 1.165) is 35.0 Å². The number of benzene rings is 4. The number of alkyl halides is 3. The Morgan fingerprint density at radius 2 is 1.60 bits per heavy atom. The molecule has 0 aliphatic carbocycles. The average Bonchev–Trinajstić information content (AvgIpc) is 3.37. The lowest BCUT2D eigenvalue weighted by Crippen LogP contribution is -2.16. The van der Waals surface area contributed by atoms with Crippen molar-refractivity contribution in [2.45, 2.75) is 17.8 Å². The molecule has 0 spiro atoms. The summed E-state index contributed by atoms with van der Waals surface area (Å²) < 4.78 is 42.0. The number of nitrogens with one attached hydrogen (secondary N) is 1. The molecule has 0 bridgehead atoms. The van der Waals surface area contributed by atoms with E-state index in [-0.39, 0.29) is 28.3 Å². The average molecular weight is 579 g/mol. The molecule has 0 saturated carbocycles. The zero-order chi connectivity index (χ0) is 28.1. The number of hydrogen-bond donors (Lipinski definition) is 1. The summed E-state index contributed by atoms with van der Waals surface area (Å²) in [5, 5.41) is 12.0. The van der Waals surface area contributed by atoms with Crippen LogP contribution in [0.2, 0.25) is 5.02 Å². The molecule has 4 aromatic carbocycles. The molecule has 5 nitrogen and oxygen atoms in total. The highest BCUT2D eigenvalue weighted by Crippen LogP contribution is 2.35. The number of hydrogen-bond acceptors (Lipinski definition) is 4. The standard InChI is InChI=1S/C30H22ClF3N4OS/c31-25-15-6-5-14-24(25)28-36-37-29(38(28)23-13-8-12-22(18-23)30(32,33)34)40-19-27(39)35-26-16-7-4-11-21(26)17-20-9-2-1-3-10-20/h1-16,18H,17,19H2,(H,35,39). The number of para-hydroxylation sites is 1. The van der Waals surface area contributed by atoms with Crippen LogP contribution in [0.25, 0.3) is 17.1 Å². The number of carbonyl (C=O) groups is 1. The second-order valence-electron chi connectivity index (χ2n) is 8.83. The van der Waals surface area contributed by atoms with Crippen molar-refractivity contribution in [3.05, 3.63) is 125 Å². The Balaban J connectivity index is 1.41. The third kappa shape index (κ3) is 6.38. The third-order valence-corrected chi connectivity index (χ3v) is 7.30. The summed E-state index contributed by atoms with van der Waals surface area (Å²) in [5.41, 5.74) is 2.65. The first-order valence-corrected chi connectivity index (χ1v) is 13.6. The Morgan fingerprint density at radius 1 is 0.875 bits per heavy atom. The topological polar surface area (TPSA) is 59.8 Å². The number of rotatable bonds is 8. The Labute approximate surface area is 238 Å². The Bertz CT molecular complexity index is 1640. The van der Waals surface area contributed by atoms with Crippen molar-refractivity contribution in [2.75, 3.05) is 11.1 Å². The summed E-state index contributed by atoms with van der Waals surface area (Å²) in [7, 11) is 0. The van der Waals surface area contributed by atoms with Crippen LogP contribution in [0.5, 0.6) is 0 Å². The molecule has 0 fully saturated rings. The van der Waals surface area contributed by atoms with E-state index in [1.807, 2.05) is 54.6 Å². The van der Waals surface area contributed by atoms with E-state index >= 15 is 0 Å². The molecular formula is C30H22ClF3N4OS. The molecule has 1 heterocycles. The largest absolute Gasteiger partial charge is 0.416 e. The van der Waals surface area contributed by atoms with E-state index in [1.165, 1.54) is 16.7 Å². The summed E-state index contributed by atoms with van der Waals surface area (Å²) in [6.45, 7) is 0. The van der Waals surface area contributed by atoms with Crippen molar-refractivity contribution < 1.29 is 18.0 Å². The van der Waals surface area contributed by atoms with Gasteiger partial charge in [0.1, 0.15) is 0 Å². The summed E-state index contributed by atoms with van der Waals surface area (Å²) >= 11 is 7.46. The fraction of sp³-hybridized carbons (Fsp3) is 0.100. The lowest BCUT2D eigenvalue weighted by Gasteiger charge is -2.14. The number of aromatic nitrogens is 3. The fourth-order valence-corrected chi connectivity index (χ4v) is 5.14. The van der Waals surface area contributed by atoms with Gasteiger partial charge in [-0.05, 0) is 53.9 Å². The first kappa shape index (κ1) is 27.5. The van der Waals surface area contributed by atoms with Gasteiger partial charge in [0.2, 0.25) is 5.91 Å². The molecule has 5 rings (SSSR count). The smallest absolute Gasteiger partial charge is 0.325 e. The van der Waals surface area contributed by atoms with Crippen molar-refractivity contribution >= 4 is 35.0 Å². The van der Waals surface area contributed by atoms with Crippen molar-refractivity contribution in [3.8, 4) is 17.1 Å². The van der Waals surface area contributed by atoms with Crippen LogP contribution in [0.1, 0.15) is 16.7 Å². The van der Waals surface area contributed by atoms with Crippen LogP contribution in [0, 0.1) is 0 Å². The predicted molar refractivity (Wildman–Crippen MR) is 152 cm³/mol. The lowest BCUT2D eigenvalue weighted by atomic mass is 10.0. The minimum Gasteiger partial charge on any atom is -0.325 e. The normalized spacial score (nSPS) is 11.4. The van der Waals surface area contributed by atoms with Crippen LogP contribution in [0.4, 0.5) is 18.9 Å². The highest BCUT2D eigenvalue weighted by Gasteiger charge is 2.31. The zero-order valence-electron chi connectivity index (χ0n) is 20.9. The zero-order valence-corrected chi connectivity index (χ0v) is 22.5. The third-order valence-electron chi connectivity index (χ3n) is 6.04. The van der Waals surface area contributed by atoms with Gasteiger partial charge in [0.25, 0.3) is 0 Å². The Kier molecular flexibility index (Phi) is 8.23. The number of nitrogens with zero attached hydrogens (tertiary/aromatic N) is 3. The number of halogens is 4. The van der Waals surface area contributed by atoms with Crippen LogP contribution < -0.4 is 5.32 Å². The van der Waals surface area contributed by atoms with Gasteiger partial charge in [-0.15, -0.1) is 10.2 Å². The molecule has 1 N–H and O–H groups in total. The van der Waals surface area contributed by atoms with Gasteiger partial charge < -0.3 is 5.32 Å². The molecule has 0 aliphatic heterocycles. The van der Waals surface area contributed by atoms with E-state index < -0.39 is 11.7 Å². The monoisotopic (exact) mass is 578 g/mol. The van der Waals surface area contributed by atoms with Gasteiger partial charge in [0.15, 0.2) is 11.0 Å². The fourth-order valence-electron chi connectivity index (χ4n) is 4.16. The van der Waals surface area contributed by atoms with Gasteiger partial charge in [0.05, 0.1) is 22.0 Å². The van der Waals surface area contributed by atoms with Crippen molar-refractivity contribution in [3.63, 3.8) is 0 Å². The Morgan fingerprint density at radius 3 is 2.38 bits per heavy atom. The molecule has 40 heavy (non-hydrogen) atoms. The van der Waals surface area contributed by atoms with E-state index in [4.69, 9.17) is 11.6 Å². The summed E-state index contributed by atoms with van der Waals surface area (Å²) in [6.07, 6.45) is -3.88. The first-order chi connectivity index (χ1) is 19.3. The van der Waals surface area contributed by atoms with Gasteiger partial charge in [-0.1, -0.05) is 90.1 Å². The van der Waals surface area contributed by atoms with Crippen LogP contribution in [-0.4, -0.2) is 26.4 Å². The minimum atomic E-state index is -4.53. The number of carbonyl (C=O) groups excluding carboxylic acids is 1. The summed E-state index contributed by atoms with van der Waals surface area (Å²) in [5.74, 6) is -0.0660. The predicted octanol–water partition coefficient (Wildman–Crippen LogP) is 7.93. The lowest BCUT2D eigenvalue weighted by molar-refractivity contribution is -0.137. The number of thioether (sulfide) groups is 1. The van der Waals surface area contributed by atoms with Crippen LogP contribution in [0.3, 0.4) is 0 Å². The first-order valence-electron chi connectivity index (χ1n) is 12.2. The molecule has 0 saturated heterocycles. The van der Waals surface area contributed by atoms with E-state index in [2.05, 4.69) is 15.5 Å². The van der Waals surface area contributed by atoms with Crippen molar-refractivity contribution in [1.82, 2.24) is 14.8 Å². The SMILES string of the molecule is O=C(CSc1nnc(-c2ccccc2Cl)n1-c1cccc(C(F)(F)F)c1)Nc1ccccc1Cc1ccccc1. The quantitative estimate of drug-likeness (QED) is 0.190. The summed E-state index contributed by atoms with van der Waals surface area (Å²) in [6, 6.07) is 29.2. The van der Waals surface area contributed by atoms with Crippen molar-refractivity contribution in [1.29, 1.82) is 0 Å². The van der Waals surface area contributed by atoms with Crippen LogP contribution in [0.15, 0.2) is 108 Å². The summed E-state index contributed by atoms with van der Waals surface area (Å²) in [4.78, 5) is 13.0. The molecule has 0 aliphatic rings. The van der Waals surface area contributed by atoms with Gasteiger partial charge >= 0.3 is 6.18 Å². The molecule has 5 aromatic rings. The molecular weight excluding hydrogens is 557 g/mol. The number of anilines is 1. The van der Waals surface area contributed by atoms with Crippen LogP contribution in [-0.2, 0) is 17.4 Å². The molecule has 1 aromatic heterocycles. The highest BCUT2D eigenvalue weighted by atomic mass is 35.5. The Hall–Kier alpha value is -4.08. The maximum Gasteiger partial charge on any atom is 0.416 e. The molecule has 202 valence electrons. The molecule has 0 unspecified atom stereocenters. The van der Waals surface area contributed by atoms with E-state index in [1.54, 1.807) is 24.3 Å². The number of amides is 1. The minimum absolute atomic E-state index is 0.0424. The second-order valence-corrected chi connectivity index (χ2v) is 10.2. The highest BCUT2D eigenvalue weighted by molar-refractivity contribution is 7.99. The van der Waals surface area contributed by atoms with Gasteiger partial charge in [-0.25, -0.2) is 0 Å². The van der Waals surface area contributed by atoms with Gasteiger partial charge in [-0.2, -0.15) is 13.2 Å². The maximum atomic E-state index is 13.5. The van der Waals surface area contributed by atoms with Gasteiger partial charge in [-0.3, -0.25) is 9.36 Å². The van der Waals surface area contributed by atoms with Crippen LogP contribution >= 0.6 is 23.4 Å². The molecule has 0 radical (unpaired) electrons. The van der Waals surface area contributed by atoms with E-state index in [0.29, 0.717) is 22.7 Å². The molecule has 1 amide bonds. The second kappa shape index (κ2) is 12.0. The molecule has 10 heteroatoms. The molecule has 0 atom stereocenters. The van der Waals surface area contributed by atoms with Gasteiger partial charge in [0, 0.05) is 11.3 Å². The van der Waals surface area contributed by atoms with E-state index in [9.17, 15) is 18.0 Å². The maximum absolute atomic E-state index is 13.5. The van der Waals surface area contributed by atoms with Crippen molar-refractivity contribution in [2.24, 2.45) is 0 Å².